The summed E-state index contributed by atoms with van der Waals surface area (Å²) >= 11 is 0. The number of rotatable bonds is 10. The summed E-state index contributed by atoms with van der Waals surface area (Å²) < 4.78 is 5.35. The van der Waals surface area contributed by atoms with Crippen LogP contribution in [0.2, 0.25) is 0 Å². The van der Waals surface area contributed by atoms with Crippen LogP contribution in [-0.4, -0.2) is 46.5 Å². The van der Waals surface area contributed by atoms with E-state index in [1.165, 1.54) is 0 Å². The van der Waals surface area contributed by atoms with Crippen LogP contribution >= 0.6 is 0 Å². The predicted molar refractivity (Wildman–Crippen MR) is 141 cm³/mol. The average Bonchev–Trinajstić information content (AvgIpc) is 2.66. The van der Waals surface area contributed by atoms with Crippen LogP contribution in [0, 0.1) is 19.8 Å². The first-order valence-corrected chi connectivity index (χ1v) is 12.7. The fourth-order valence-corrected chi connectivity index (χ4v) is 4.05. The van der Waals surface area contributed by atoms with Crippen LogP contribution in [0.25, 0.3) is 0 Å². The van der Waals surface area contributed by atoms with Gasteiger partial charge in [0.05, 0.1) is 0 Å². The Balaban J connectivity index is 3.50. The van der Waals surface area contributed by atoms with Crippen molar-refractivity contribution in [2.75, 3.05) is 0 Å². The summed E-state index contributed by atoms with van der Waals surface area (Å²) in [6.07, 6.45) is 0.978. The lowest BCUT2D eigenvalue weighted by atomic mass is 9.95. The number of alkyl carbamates (subject to hydrolysis) is 1. The van der Waals surface area contributed by atoms with Gasteiger partial charge in [-0.1, -0.05) is 43.2 Å². The molecule has 1 aromatic rings. The van der Waals surface area contributed by atoms with E-state index in [1.54, 1.807) is 32.6 Å². The van der Waals surface area contributed by atoms with E-state index >= 15 is 0 Å². The largest absolute Gasteiger partial charge is 0.444 e. The molecule has 0 aromatic heterocycles. The van der Waals surface area contributed by atoms with E-state index in [1.807, 2.05) is 52.8 Å². The van der Waals surface area contributed by atoms with Gasteiger partial charge >= 0.3 is 6.09 Å². The standard InChI is InChI=1S/C28H47N3O4/c1-17(2)12-13-21(7)31(26(33)22(8)30-27(34)35-28(9,10)11)24(25(32)29-18(3)4)23-15-19(5)14-20(6)16-23/h14-18,21-22,24H,12-13H2,1-11H3,(H,29,32)(H,30,34). The van der Waals surface area contributed by atoms with Crippen LogP contribution in [0.5, 0.6) is 0 Å². The second-order valence-corrected chi connectivity index (χ2v) is 11.4. The SMILES string of the molecule is Cc1cc(C)cc(C(C(=O)NC(C)C)N(C(=O)C(C)NC(=O)OC(C)(C)C)C(C)CCC(C)C)c1. The molecule has 0 spiro atoms. The van der Waals surface area contributed by atoms with Crippen LogP contribution in [0.1, 0.15) is 97.9 Å². The number of carbonyl (C=O) groups is 3. The number of benzene rings is 1. The van der Waals surface area contributed by atoms with E-state index in [0.29, 0.717) is 5.92 Å². The molecule has 7 heteroatoms. The van der Waals surface area contributed by atoms with Gasteiger partial charge in [-0.3, -0.25) is 9.59 Å². The molecule has 1 aromatic carbocycles. The van der Waals surface area contributed by atoms with Crippen LogP contribution in [0.3, 0.4) is 0 Å². The molecule has 7 nitrogen and oxygen atoms in total. The highest BCUT2D eigenvalue weighted by Gasteiger charge is 2.37. The van der Waals surface area contributed by atoms with Crippen molar-refractivity contribution in [3.8, 4) is 0 Å². The highest BCUT2D eigenvalue weighted by molar-refractivity contribution is 5.92. The fraction of sp³-hybridized carbons (Fsp3) is 0.679. The molecule has 3 amide bonds. The molecule has 0 fully saturated rings. The van der Waals surface area contributed by atoms with Gasteiger partial charge in [0.1, 0.15) is 17.7 Å². The van der Waals surface area contributed by atoms with Gasteiger partial charge in [0.25, 0.3) is 0 Å². The van der Waals surface area contributed by atoms with Gasteiger partial charge in [0, 0.05) is 12.1 Å². The second-order valence-electron chi connectivity index (χ2n) is 11.4. The molecule has 0 aliphatic carbocycles. The Morgan fingerprint density at radius 2 is 1.43 bits per heavy atom. The Bertz CT molecular complexity index is 853. The minimum Gasteiger partial charge on any atom is -0.444 e. The summed E-state index contributed by atoms with van der Waals surface area (Å²) in [6.45, 7) is 20.9. The monoisotopic (exact) mass is 489 g/mol. The highest BCUT2D eigenvalue weighted by Crippen LogP contribution is 2.29. The van der Waals surface area contributed by atoms with Gasteiger partial charge in [0.2, 0.25) is 11.8 Å². The number of hydrogen-bond donors (Lipinski definition) is 2. The molecular weight excluding hydrogens is 442 g/mol. The molecule has 3 unspecified atom stereocenters. The maximum atomic E-state index is 13.9. The Labute approximate surface area is 212 Å². The smallest absolute Gasteiger partial charge is 0.408 e. The number of ether oxygens (including phenoxy) is 1. The molecule has 0 bridgehead atoms. The average molecular weight is 490 g/mol. The van der Waals surface area contributed by atoms with Gasteiger partial charge in [-0.05, 0) is 86.6 Å². The third-order valence-corrected chi connectivity index (χ3v) is 5.51. The van der Waals surface area contributed by atoms with Gasteiger partial charge in [0.15, 0.2) is 0 Å². The molecular formula is C28H47N3O4. The molecule has 1 rings (SSSR count). The number of nitrogens with one attached hydrogen (secondary N) is 2. The molecule has 35 heavy (non-hydrogen) atoms. The first-order chi connectivity index (χ1) is 16.0. The zero-order valence-electron chi connectivity index (χ0n) is 23.6. The van der Waals surface area contributed by atoms with E-state index in [-0.39, 0.29) is 23.9 Å². The summed E-state index contributed by atoms with van der Waals surface area (Å²) in [5.74, 6) is -0.106. The van der Waals surface area contributed by atoms with E-state index in [4.69, 9.17) is 4.74 Å². The summed E-state index contributed by atoms with van der Waals surface area (Å²) in [4.78, 5) is 41.5. The summed E-state index contributed by atoms with van der Waals surface area (Å²) in [7, 11) is 0. The van der Waals surface area contributed by atoms with Crippen LogP contribution < -0.4 is 10.6 Å². The first kappa shape index (κ1) is 30.5. The first-order valence-electron chi connectivity index (χ1n) is 12.7. The Morgan fingerprint density at radius 1 is 0.886 bits per heavy atom. The van der Waals surface area contributed by atoms with Crippen molar-refractivity contribution in [3.63, 3.8) is 0 Å². The van der Waals surface area contributed by atoms with Gasteiger partial charge in [-0.15, -0.1) is 0 Å². The minimum absolute atomic E-state index is 0.0869. The van der Waals surface area contributed by atoms with E-state index in [2.05, 4.69) is 24.5 Å². The molecule has 0 saturated heterocycles. The maximum absolute atomic E-state index is 13.9. The number of aryl methyl sites for hydroxylation is 2. The van der Waals surface area contributed by atoms with Gasteiger partial charge in [-0.2, -0.15) is 0 Å². The molecule has 0 heterocycles. The van der Waals surface area contributed by atoms with E-state index in [9.17, 15) is 14.4 Å². The number of amides is 3. The predicted octanol–water partition coefficient (Wildman–Crippen LogP) is 5.44. The lowest BCUT2D eigenvalue weighted by Crippen LogP contribution is -2.55. The minimum atomic E-state index is -0.869. The van der Waals surface area contributed by atoms with Crippen LogP contribution in [0.15, 0.2) is 18.2 Å². The van der Waals surface area contributed by atoms with E-state index < -0.39 is 23.8 Å². The third kappa shape index (κ3) is 10.3. The summed E-state index contributed by atoms with van der Waals surface area (Å²) in [5, 5.41) is 5.66. The normalized spacial score (nSPS) is 14.3. The zero-order chi connectivity index (χ0) is 27.1. The van der Waals surface area contributed by atoms with Crippen molar-refractivity contribution < 1.29 is 19.1 Å². The third-order valence-electron chi connectivity index (χ3n) is 5.51. The number of carbonyl (C=O) groups excluding carboxylic acids is 3. The van der Waals surface area contributed by atoms with Crippen molar-refractivity contribution in [3.05, 3.63) is 34.9 Å². The van der Waals surface area contributed by atoms with Crippen LogP contribution in [-0.2, 0) is 14.3 Å². The molecule has 0 radical (unpaired) electrons. The highest BCUT2D eigenvalue weighted by atomic mass is 16.6. The molecule has 3 atom stereocenters. The van der Waals surface area contributed by atoms with Crippen molar-refractivity contribution in [1.82, 2.24) is 15.5 Å². The fourth-order valence-electron chi connectivity index (χ4n) is 4.05. The van der Waals surface area contributed by atoms with Gasteiger partial charge < -0.3 is 20.3 Å². The quantitative estimate of drug-likeness (QED) is 0.458. The van der Waals surface area contributed by atoms with Gasteiger partial charge in [-0.25, -0.2) is 4.79 Å². The van der Waals surface area contributed by atoms with Crippen molar-refractivity contribution in [2.24, 2.45) is 5.92 Å². The maximum Gasteiger partial charge on any atom is 0.408 e. The lowest BCUT2D eigenvalue weighted by molar-refractivity contribution is -0.145. The summed E-state index contributed by atoms with van der Waals surface area (Å²) in [6, 6.07) is 3.95. The molecule has 0 saturated carbocycles. The molecule has 198 valence electrons. The van der Waals surface area contributed by atoms with Crippen molar-refractivity contribution in [2.45, 2.75) is 119 Å². The van der Waals surface area contributed by atoms with Crippen molar-refractivity contribution in [1.29, 1.82) is 0 Å². The lowest BCUT2D eigenvalue weighted by Gasteiger charge is -2.38. The van der Waals surface area contributed by atoms with Crippen molar-refractivity contribution >= 4 is 17.9 Å². The number of hydrogen-bond acceptors (Lipinski definition) is 4. The van der Waals surface area contributed by atoms with E-state index in [0.717, 1.165) is 29.5 Å². The molecule has 0 aliphatic heterocycles. The second kappa shape index (κ2) is 12.9. The topological polar surface area (TPSA) is 87.7 Å². The molecule has 0 aliphatic rings. The zero-order valence-corrected chi connectivity index (χ0v) is 23.6. The molecule has 2 N–H and O–H groups in total. The Kier molecular flexibility index (Phi) is 11.3. The summed E-state index contributed by atoms with van der Waals surface area (Å²) in [5.41, 5.74) is 2.11. The Hall–Kier alpha value is -2.57. The Morgan fingerprint density at radius 3 is 1.89 bits per heavy atom. The van der Waals surface area contributed by atoms with Crippen LogP contribution in [0.4, 0.5) is 4.79 Å². The number of nitrogens with zero attached hydrogens (tertiary/aromatic N) is 1.